The molecule has 1 atom stereocenters. The Hall–Kier alpha value is -1.19. The molecule has 1 fully saturated rings. The summed E-state index contributed by atoms with van der Waals surface area (Å²) >= 11 is 1.62. The highest BCUT2D eigenvalue weighted by Crippen LogP contribution is 2.31. The van der Waals surface area contributed by atoms with Gasteiger partial charge in [-0.15, -0.1) is 0 Å². The van der Waals surface area contributed by atoms with Crippen LogP contribution in [0.3, 0.4) is 0 Å². The maximum absolute atomic E-state index is 13.6. The molecular formula is C11H13FN2O4S2. The largest absolute Gasteiger partial charge is 0.324 e. The molecule has 0 spiro atoms. The van der Waals surface area contributed by atoms with E-state index >= 15 is 0 Å². The number of nitro benzene ring substituents is 1. The number of halogens is 1. The fourth-order valence-electron chi connectivity index (χ4n) is 2.08. The predicted molar refractivity (Wildman–Crippen MR) is 73.7 cm³/mol. The highest BCUT2D eigenvalue weighted by Gasteiger charge is 2.37. The van der Waals surface area contributed by atoms with E-state index < -0.39 is 31.3 Å². The first-order valence-electron chi connectivity index (χ1n) is 5.88. The molecule has 9 heteroatoms. The number of sulfonamides is 1. The SMILES string of the molecule is CC1CSCCN1S(=O)(=O)c1cccc(F)c1[N+](=O)[O-]. The van der Waals surface area contributed by atoms with Crippen molar-refractivity contribution in [2.24, 2.45) is 0 Å². The molecule has 1 aliphatic heterocycles. The van der Waals surface area contributed by atoms with Gasteiger partial charge < -0.3 is 0 Å². The van der Waals surface area contributed by atoms with Gasteiger partial charge in [-0.1, -0.05) is 6.07 Å². The summed E-state index contributed by atoms with van der Waals surface area (Å²) in [5, 5.41) is 10.9. The van der Waals surface area contributed by atoms with Crippen molar-refractivity contribution in [3.63, 3.8) is 0 Å². The summed E-state index contributed by atoms with van der Waals surface area (Å²) in [6.07, 6.45) is 0. The molecule has 1 heterocycles. The highest BCUT2D eigenvalue weighted by molar-refractivity contribution is 7.99. The van der Waals surface area contributed by atoms with Gasteiger partial charge in [-0.3, -0.25) is 10.1 Å². The standard InChI is InChI=1S/C11H13FN2O4S2/c1-8-7-19-6-5-13(8)20(17,18)10-4-2-3-9(12)11(10)14(15)16/h2-4,8H,5-7H2,1H3. The van der Waals surface area contributed by atoms with Crippen molar-refractivity contribution >= 4 is 27.5 Å². The Kier molecular flexibility index (Phi) is 4.31. The molecule has 110 valence electrons. The maximum Gasteiger partial charge on any atom is 0.324 e. The van der Waals surface area contributed by atoms with Crippen molar-refractivity contribution in [1.82, 2.24) is 4.31 Å². The average molecular weight is 320 g/mol. The number of benzene rings is 1. The molecule has 1 aromatic carbocycles. The number of nitrogens with zero attached hydrogens (tertiary/aromatic N) is 2. The Balaban J connectivity index is 2.55. The first-order chi connectivity index (χ1) is 9.35. The third-order valence-electron chi connectivity index (χ3n) is 3.03. The van der Waals surface area contributed by atoms with Gasteiger partial charge >= 0.3 is 5.69 Å². The fraction of sp³-hybridized carbons (Fsp3) is 0.455. The fourth-order valence-corrected chi connectivity index (χ4v) is 5.10. The molecule has 1 saturated heterocycles. The van der Waals surface area contributed by atoms with E-state index in [0.29, 0.717) is 11.5 Å². The summed E-state index contributed by atoms with van der Waals surface area (Å²) in [6, 6.07) is 2.84. The third kappa shape index (κ3) is 2.65. The van der Waals surface area contributed by atoms with E-state index in [-0.39, 0.29) is 12.6 Å². The van der Waals surface area contributed by atoms with E-state index in [1.165, 1.54) is 10.4 Å². The molecule has 0 aliphatic carbocycles. The van der Waals surface area contributed by atoms with Gasteiger partial charge in [-0.25, -0.2) is 8.42 Å². The summed E-state index contributed by atoms with van der Waals surface area (Å²) in [4.78, 5) is 9.36. The third-order valence-corrected chi connectivity index (χ3v) is 6.26. The average Bonchev–Trinajstić information content (AvgIpc) is 2.38. The van der Waals surface area contributed by atoms with Crippen molar-refractivity contribution in [3.8, 4) is 0 Å². The van der Waals surface area contributed by atoms with E-state index in [1.54, 1.807) is 18.7 Å². The second kappa shape index (κ2) is 5.66. The van der Waals surface area contributed by atoms with Gasteiger partial charge in [0.05, 0.1) is 4.92 Å². The van der Waals surface area contributed by atoms with E-state index in [0.717, 1.165) is 12.1 Å². The van der Waals surface area contributed by atoms with Crippen LogP contribution in [-0.2, 0) is 10.0 Å². The Morgan fingerprint density at radius 2 is 2.20 bits per heavy atom. The molecule has 2 rings (SSSR count). The van der Waals surface area contributed by atoms with Crippen LogP contribution in [0.5, 0.6) is 0 Å². The maximum atomic E-state index is 13.6. The van der Waals surface area contributed by atoms with E-state index in [9.17, 15) is 22.9 Å². The number of rotatable bonds is 3. The molecule has 0 saturated carbocycles. The normalized spacial score (nSPS) is 20.8. The van der Waals surface area contributed by atoms with Crippen molar-refractivity contribution in [2.45, 2.75) is 17.9 Å². The van der Waals surface area contributed by atoms with Crippen molar-refractivity contribution < 1.29 is 17.7 Å². The molecule has 0 N–H and O–H groups in total. The molecule has 0 radical (unpaired) electrons. The lowest BCUT2D eigenvalue weighted by molar-refractivity contribution is -0.390. The lowest BCUT2D eigenvalue weighted by Crippen LogP contribution is -2.44. The second-order valence-electron chi connectivity index (χ2n) is 4.38. The van der Waals surface area contributed by atoms with Crippen LogP contribution in [0, 0.1) is 15.9 Å². The molecule has 1 aromatic rings. The van der Waals surface area contributed by atoms with Gasteiger partial charge in [0, 0.05) is 24.1 Å². The Bertz CT molecular complexity index is 635. The number of hydrogen-bond acceptors (Lipinski definition) is 5. The van der Waals surface area contributed by atoms with Gasteiger partial charge in [-0.2, -0.15) is 20.5 Å². The zero-order chi connectivity index (χ0) is 14.9. The Labute approximate surface area is 120 Å². The molecule has 0 aromatic heterocycles. The number of para-hydroxylation sites is 1. The van der Waals surface area contributed by atoms with E-state index in [4.69, 9.17) is 0 Å². The first-order valence-corrected chi connectivity index (χ1v) is 8.47. The van der Waals surface area contributed by atoms with Crippen LogP contribution in [0.25, 0.3) is 0 Å². The number of thioether (sulfide) groups is 1. The van der Waals surface area contributed by atoms with Crippen LogP contribution in [0.4, 0.5) is 10.1 Å². The van der Waals surface area contributed by atoms with E-state index in [1.807, 2.05) is 0 Å². The lowest BCUT2D eigenvalue weighted by atomic mass is 10.3. The van der Waals surface area contributed by atoms with Gasteiger partial charge in [-0.05, 0) is 19.1 Å². The Morgan fingerprint density at radius 1 is 1.50 bits per heavy atom. The summed E-state index contributed by atoms with van der Waals surface area (Å²) in [7, 11) is -4.07. The minimum atomic E-state index is -4.07. The first kappa shape index (κ1) is 15.2. The summed E-state index contributed by atoms with van der Waals surface area (Å²) < 4.78 is 39.8. The monoisotopic (exact) mass is 320 g/mol. The number of hydrogen-bond donors (Lipinski definition) is 0. The molecule has 20 heavy (non-hydrogen) atoms. The smallest absolute Gasteiger partial charge is 0.258 e. The summed E-state index contributed by atoms with van der Waals surface area (Å²) in [5.74, 6) is 0.0878. The minimum Gasteiger partial charge on any atom is -0.258 e. The highest BCUT2D eigenvalue weighted by atomic mass is 32.2. The zero-order valence-corrected chi connectivity index (χ0v) is 12.3. The molecular weight excluding hydrogens is 307 g/mol. The molecule has 1 aliphatic rings. The second-order valence-corrected chi connectivity index (χ2v) is 7.39. The van der Waals surface area contributed by atoms with Gasteiger partial charge in [0.1, 0.15) is 0 Å². The summed E-state index contributed by atoms with van der Waals surface area (Å²) in [6.45, 7) is 2.00. The van der Waals surface area contributed by atoms with Crippen LogP contribution in [0.1, 0.15) is 6.92 Å². The quantitative estimate of drug-likeness (QED) is 0.627. The van der Waals surface area contributed by atoms with E-state index in [2.05, 4.69) is 0 Å². The van der Waals surface area contributed by atoms with Crippen LogP contribution in [-0.4, -0.2) is 41.7 Å². The van der Waals surface area contributed by atoms with Crippen LogP contribution in [0.2, 0.25) is 0 Å². The zero-order valence-electron chi connectivity index (χ0n) is 10.7. The van der Waals surface area contributed by atoms with Crippen LogP contribution >= 0.6 is 11.8 Å². The van der Waals surface area contributed by atoms with Crippen LogP contribution < -0.4 is 0 Å². The van der Waals surface area contributed by atoms with Gasteiger partial charge in [0.15, 0.2) is 4.90 Å². The van der Waals surface area contributed by atoms with Gasteiger partial charge in [0.25, 0.3) is 0 Å². The minimum absolute atomic E-state index is 0.266. The van der Waals surface area contributed by atoms with Gasteiger partial charge in [0.2, 0.25) is 15.8 Å². The predicted octanol–water partition coefficient (Wildman–Crippen LogP) is 1.86. The number of nitro groups is 1. The van der Waals surface area contributed by atoms with Crippen molar-refractivity contribution in [2.75, 3.05) is 18.1 Å². The summed E-state index contributed by atoms with van der Waals surface area (Å²) in [5.41, 5.74) is -0.988. The molecule has 6 nitrogen and oxygen atoms in total. The van der Waals surface area contributed by atoms with Crippen molar-refractivity contribution in [3.05, 3.63) is 34.1 Å². The molecule has 1 unspecified atom stereocenters. The topological polar surface area (TPSA) is 80.5 Å². The lowest BCUT2D eigenvalue weighted by Gasteiger charge is -2.31. The Morgan fingerprint density at radius 3 is 2.80 bits per heavy atom. The molecule has 0 bridgehead atoms. The molecule has 0 amide bonds. The van der Waals surface area contributed by atoms with Crippen LogP contribution in [0.15, 0.2) is 23.1 Å². The van der Waals surface area contributed by atoms with Crippen molar-refractivity contribution in [1.29, 1.82) is 0 Å².